The first-order valence-corrected chi connectivity index (χ1v) is 10.0. The summed E-state index contributed by atoms with van der Waals surface area (Å²) in [5.74, 6) is 0.301. The van der Waals surface area contributed by atoms with Crippen LogP contribution < -0.4 is 5.73 Å². The lowest BCUT2D eigenvalue weighted by atomic mass is 10.1. The number of carbonyl (C=O) groups is 1. The number of nitrogens with zero attached hydrogens (tertiary/aromatic N) is 3. The predicted molar refractivity (Wildman–Crippen MR) is 112 cm³/mol. The Bertz CT molecular complexity index is 1050. The minimum atomic E-state index is -0.150. The Hall–Kier alpha value is -2.49. The largest absolute Gasteiger partial charge is 0.383 e. The number of amides is 1. The van der Waals surface area contributed by atoms with Crippen LogP contribution in [0.3, 0.4) is 0 Å². The number of hydrogen-bond acceptors (Lipinski definition) is 6. The van der Waals surface area contributed by atoms with Crippen molar-refractivity contribution in [3.8, 4) is 0 Å². The van der Waals surface area contributed by atoms with Crippen LogP contribution in [0.4, 0.5) is 5.82 Å². The van der Waals surface area contributed by atoms with Gasteiger partial charge in [0, 0.05) is 28.9 Å². The van der Waals surface area contributed by atoms with Crippen molar-refractivity contribution in [3.05, 3.63) is 51.4 Å². The van der Waals surface area contributed by atoms with Gasteiger partial charge in [0.1, 0.15) is 11.5 Å². The molecule has 0 fully saturated rings. The van der Waals surface area contributed by atoms with E-state index < -0.39 is 0 Å². The van der Waals surface area contributed by atoms with Crippen LogP contribution in [-0.2, 0) is 29.2 Å². The fourth-order valence-electron chi connectivity index (χ4n) is 3.54. The topological polar surface area (TPSA) is 106 Å². The summed E-state index contributed by atoms with van der Waals surface area (Å²) >= 11 is 3.39. The molecular formula is C20H22BrN5O3. The first-order chi connectivity index (χ1) is 14.0. The number of pyridine rings is 2. The number of ether oxygens (including phenoxy) is 2. The maximum atomic E-state index is 13.4. The molecule has 9 heteroatoms. The Morgan fingerprint density at radius 1 is 1.41 bits per heavy atom. The van der Waals surface area contributed by atoms with E-state index in [1.54, 1.807) is 24.3 Å². The Balaban J connectivity index is 1.69. The maximum Gasteiger partial charge on any atom is 0.271 e. The van der Waals surface area contributed by atoms with Gasteiger partial charge < -0.3 is 25.1 Å². The quantitative estimate of drug-likeness (QED) is 0.586. The van der Waals surface area contributed by atoms with Gasteiger partial charge in [-0.1, -0.05) is 0 Å². The number of halogens is 1. The van der Waals surface area contributed by atoms with Gasteiger partial charge in [0.2, 0.25) is 0 Å². The van der Waals surface area contributed by atoms with Crippen LogP contribution in [0.5, 0.6) is 0 Å². The number of carbonyl (C=O) groups excluding carboxylic acids is 1. The number of aromatic nitrogens is 3. The van der Waals surface area contributed by atoms with Crippen molar-refractivity contribution in [2.45, 2.75) is 32.7 Å². The van der Waals surface area contributed by atoms with E-state index in [0.717, 1.165) is 26.8 Å². The molecule has 0 radical (unpaired) electrons. The summed E-state index contributed by atoms with van der Waals surface area (Å²) in [4.78, 5) is 27.2. The first kappa shape index (κ1) is 19.8. The van der Waals surface area contributed by atoms with Gasteiger partial charge in [-0.05, 0) is 41.1 Å². The third-order valence-corrected chi connectivity index (χ3v) is 5.53. The Labute approximate surface area is 176 Å². The second kappa shape index (κ2) is 8.10. The molecule has 3 N–H and O–H groups in total. The molecule has 3 aromatic heterocycles. The summed E-state index contributed by atoms with van der Waals surface area (Å²) in [6, 6.07) is 5.40. The number of rotatable bonds is 6. The zero-order valence-corrected chi connectivity index (χ0v) is 17.8. The fourth-order valence-corrected chi connectivity index (χ4v) is 3.78. The summed E-state index contributed by atoms with van der Waals surface area (Å²) in [6.45, 7) is 3.63. The van der Waals surface area contributed by atoms with Gasteiger partial charge in [-0.3, -0.25) is 9.78 Å². The van der Waals surface area contributed by atoms with Crippen molar-refractivity contribution in [1.82, 2.24) is 19.9 Å². The summed E-state index contributed by atoms with van der Waals surface area (Å²) < 4.78 is 11.7. The highest BCUT2D eigenvalue weighted by Crippen LogP contribution is 2.31. The molecule has 152 valence electrons. The average Bonchev–Trinajstić information content (AvgIpc) is 3.34. The van der Waals surface area contributed by atoms with Gasteiger partial charge in [-0.25, -0.2) is 4.98 Å². The minimum absolute atomic E-state index is 0.142. The lowest BCUT2D eigenvalue weighted by Gasteiger charge is -2.28. The number of nitrogens with two attached hydrogens (primary N) is 1. The molecule has 1 aliphatic heterocycles. The van der Waals surface area contributed by atoms with Crippen LogP contribution in [0.1, 0.15) is 34.2 Å². The van der Waals surface area contributed by atoms with Gasteiger partial charge in [0.15, 0.2) is 0 Å². The molecule has 4 heterocycles. The second-order valence-electron chi connectivity index (χ2n) is 7.10. The van der Waals surface area contributed by atoms with Crippen LogP contribution in [0.15, 0.2) is 28.9 Å². The van der Waals surface area contributed by atoms with Crippen molar-refractivity contribution in [2.75, 3.05) is 19.5 Å². The van der Waals surface area contributed by atoms with Gasteiger partial charge in [0.25, 0.3) is 5.91 Å². The van der Waals surface area contributed by atoms with Crippen LogP contribution in [-0.4, -0.2) is 45.5 Å². The van der Waals surface area contributed by atoms with Gasteiger partial charge in [-0.15, -0.1) is 0 Å². The number of nitrogens with one attached hydrogen (secondary N) is 1. The molecule has 0 saturated heterocycles. The van der Waals surface area contributed by atoms with Crippen LogP contribution in [0, 0.1) is 0 Å². The molecule has 1 aliphatic rings. The highest BCUT2D eigenvalue weighted by molar-refractivity contribution is 9.10. The molecule has 29 heavy (non-hydrogen) atoms. The van der Waals surface area contributed by atoms with E-state index in [1.165, 1.54) is 0 Å². The normalized spacial score (nSPS) is 14.2. The smallest absolute Gasteiger partial charge is 0.271 e. The second-order valence-corrected chi connectivity index (χ2v) is 8.01. The van der Waals surface area contributed by atoms with Crippen molar-refractivity contribution >= 4 is 38.7 Å². The van der Waals surface area contributed by atoms with Gasteiger partial charge in [-0.2, -0.15) is 0 Å². The number of aromatic amines is 1. The van der Waals surface area contributed by atoms with Crippen LogP contribution >= 0.6 is 15.9 Å². The lowest BCUT2D eigenvalue weighted by molar-refractivity contribution is 0.0534. The molecule has 0 spiro atoms. The third kappa shape index (κ3) is 3.85. The summed E-state index contributed by atoms with van der Waals surface area (Å²) in [5, 5.41) is 0. The van der Waals surface area contributed by atoms with Crippen LogP contribution in [0.2, 0.25) is 0 Å². The Morgan fingerprint density at radius 2 is 2.21 bits per heavy atom. The Morgan fingerprint density at radius 3 is 2.93 bits per heavy atom. The molecule has 1 atom stereocenters. The molecule has 1 amide bonds. The fraction of sp³-hybridized carbons (Fsp3) is 0.350. The third-order valence-electron chi connectivity index (χ3n) is 5.06. The molecular weight excluding hydrogens is 438 g/mol. The number of hydrogen-bond donors (Lipinski definition) is 2. The van der Waals surface area contributed by atoms with E-state index in [4.69, 9.17) is 15.2 Å². The van der Waals surface area contributed by atoms with Gasteiger partial charge in [0.05, 0.1) is 49.1 Å². The van der Waals surface area contributed by atoms with E-state index in [9.17, 15) is 4.79 Å². The molecule has 8 nitrogen and oxygen atoms in total. The SMILES string of the molecule is COC[C@@H](C)N(Cc1ccc(Br)cn1)C(=O)c1cc2nc(N)c3c(c2[nH]1)COC3. The van der Waals surface area contributed by atoms with E-state index in [0.29, 0.717) is 43.4 Å². The van der Waals surface area contributed by atoms with Crippen molar-refractivity contribution in [2.24, 2.45) is 0 Å². The zero-order chi connectivity index (χ0) is 20.5. The molecule has 0 bridgehead atoms. The summed E-state index contributed by atoms with van der Waals surface area (Å²) in [7, 11) is 1.62. The van der Waals surface area contributed by atoms with Crippen LogP contribution in [0.25, 0.3) is 11.0 Å². The molecule has 0 saturated carbocycles. The monoisotopic (exact) mass is 459 g/mol. The number of H-pyrrole nitrogens is 1. The number of fused-ring (bicyclic) bond motifs is 3. The van der Waals surface area contributed by atoms with Crippen molar-refractivity contribution in [3.63, 3.8) is 0 Å². The first-order valence-electron chi connectivity index (χ1n) is 9.26. The summed E-state index contributed by atoms with van der Waals surface area (Å²) in [6.07, 6.45) is 1.72. The highest BCUT2D eigenvalue weighted by Gasteiger charge is 2.26. The molecule has 4 rings (SSSR count). The van der Waals surface area contributed by atoms with Crippen molar-refractivity contribution in [1.29, 1.82) is 0 Å². The van der Waals surface area contributed by atoms with E-state index in [-0.39, 0.29) is 11.9 Å². The van der Waals surface area contributed by atoms with E-state index in [2.05, 4.69) is 30.9 Å². The number of nitrogen functional groups attached to an aromatic ring is 1. The lowest BCUT2D eigenvalue weighted by Crippen LogP contribution is -2.41. The van der Waals surface area contributed by atoms with Crippen molar-refractivity contribution < 1.29 is 14.3 Å². The van der Waals surface area contributed by atoms with E-state index in [1.807, 2.05) is 19.1 Å². The molecule has 0 unspecified atom stereocenters. The maximum absolute atomic E-state index is 13.4. The number of methoxy groups -OCH3 is 1. The molecule has 3 aromatic rings. The Kier molecular flexibility index (Phi) is 5.53. The predicted octanol–water partition coefficient (Wildman–Crippen LogP) is 3.01. The zero-order valence-electron chi connectivity index (χ0n) is 16.2. The molecule has 0 aliphatic carbocycles. The van der Waals surface area contributed by atoms with Gasteiger partial charge >= 0.3 is 0 Å². The molecule has 0 aromatic carbocycles. The van der Waals surface area contributed by atoms with E-state index >= 15 is 0 Å². The average molecular weight is 460 g/mol. The standard InChI is InChI=1S/C20H22BrN5O3/c1-11(8-28-2)26(7-13-4-3-12(21)6-23-13)20(27)17-5-16-18(24-17)14-9-29-10-15(14)19(22)25-16/h3-6,11,24H,7-10H2,1-2H3,(H2,22,25)/t11-/m1/s1. The highest BCUT2D eigenvalue weighted by atomic mass is 79.9. The minimum Gasteiger partial charge on any atom is -0.383 e. The summed E-state index contributed by atoms with van der Waals surface area (Å²) in [5.41, 5.74) is 10.6. The number of anilines is 1.